The molecule has 0 saturated heterocycles. The molecule has 0 aromatic rings. The Hall–Kier alpha value is -0.710. The maximum atomic E-state index is 11.1. The number of nitrogens with one attached hydrogen (secondary N) is 4. The number of aliphatic hydroxyl groups excluding tert-OH is 2. The van der Waals surface area contributed by atoms with E-state index in [-0.39, 0.29) is 16.9 Å². The number of hydrogen-bond donors (Lipinski definition) is 6. The maximum absolute atomic E-state index is 11.1. The van der Waals surface area contributed by atoms with Crippen molar-refractivity contribution in [1.29, 1.82) is 0 Å². The van der Waals surface area contributed by atoms with Gasteiger partial charge in [0.15, 0.2) is 5.50 Å². The highest BCUT2D eigenvalue weighted by Gasteiger charge is 2.45. The molecule has 0 aromatic carbocycles. The Morgan fingerprint density at radius 3 is 2.79 bits per heavy atom. The van der Waals surface area contributed by atoms with Crippen LogP contribution in [0.5, 0.6) is 0 Å². The molecule has 0 aromatic heterocycles. The molecule has 4 rings (SSSR count). The Bertz CT molecular complexity index is 644. The van der Waals surface area contributed by atoms with Gasteiger partial charge in [0, 0.05) is 22.2 Å². The van der Waals surface area contributed by atoms with E-state index in [1.54, 1.807) is 37.0 Å². The smallest absolute Gasteiger partial charge is 0.165 e. The standard InChI is InChI=1S/C20H33N5O2S2/c1-12(26)23-13-6-8-14(9-7-13)29-25-17-10-18(28-20-21-11-22-24-20)19(27)16-5-3-2-4-15(16)17/h6-8,11-12,14-20,23-27H,2-5,9-10H2,1H3,(H,21,22)/t12?,14-,15?,16?,17-,18?,19-,20+/m0/s1. The molecule has 7 nitrogen and oxygen atoms in total. The fourth-order valence-corrected chi connectivity index (χ4v) is 7.17. The normalized spacial score (nSPS) is 40.1. The summed E-state index contributed by atoms with van der Waals surface area (Å²) in [7, 11) is 0. The summed E-state index contributed by atoms with van der Waals surface area (Å²) in [5.74, 6) is 0.937. The second-order valence-corrected chi connectivity index (χ2v) is 10.8. The van der Waals surface area contributed by atoms with Crippen LogP contribution < -0.4 is 20.9 Å². The summed E-state index contributed by atoms with van der Waals surface area (Å²) in [6.07, 6.45) is 14.1. The van der Waals surface area contributed by atoms with Gasteiger partial charge in [-0.3, -0.25) is 4.72 Å². The van der Waals surface area contributed by atoms with E-state index in [0.29, 0.717) is 23.1 Å². The van der Waals surface area contributed by atoms with Gasteiger partial charge in [-0.1, -0.05) is 36.9 Å². The van der Waals surface area contributed by atoms with Crippen LogP contribution in [0, 0.1) is 11.8 Å². The Balaban J connectivity index is 1.34. The van der Waals surface area contributed by atoms with Crippen molar-refractivity contribution in [1.82, 2.24) is 20.9 Å². The van der Waals surface area contributed by atoms with Crippen molar-refractivity contribution in [2.45, 2.75) is 79.8 Å². The average Bonchev–Trinajstić information content (AvgIpc) is 3.23. The first kappa shape index (κ1) is 21.5. The van der Waals surface area contributed by atoms with E-state index in [1.165, 1.54) is 19.3 Å². The van der Waals surface area contributed by atoms with Gasteiger partial charge in [0.1, 0.15) is 6.23 Å². The fraction of sp³-hybridized carbons (Fsp3) is 0.750. The van der Waals surface area contributed by atoms with Crippen LogP contribution in [0.2, 0.25) is 0 Å². The highest BCUT2D eigenvalue weighted by atomic mass is 32.2. The Morgan fingerprint density at radius 2 is 2.10 bits per heavy atom. The molecule has 162 valence electrons. The van der Waals surface area contributed by atoms with E-state index in [4.69, 9.17) is 0 Å². The third kappa shape index (κ3) is 5.51. The van der Waals surface area contributed by atoms with Gasteiger partial charge < -0.3 is 21.0 Å². The predicted octanol–water partition coefficient (Wildman–Crippen LogP) is 1.83. The Labute approximate surface area is 181 Å². The highest BCUT2D eigenvalue weighted by molar-refractivity contribution is 8.00. The second-order valence-electron chi connectivity index (χ2n) is 8.39. The number of hydrazine groups is 1. The summed E-state index contributed by atoms with van der Waals surface area (Å²) >= 11 is 3.54. The van der Waals surface area contributed by atoms with Gasteiger partial charge in [-0.25, -0.2) is 10.4 Å². The van der Waals surface area contributed by atoms with Crippen LogP contribution in [0.3, 0.4) is 0 Å². The summed E-state index contributed by atoms with van der Waals surface area (Å²) in [4.78, 5) is 4.38. The summed E-state index contributed by atoms with van der Waals surface area (Å²) in [5.41, 5.74) is 7.02. The first-order valence-corrected chi connectivity index (χ1v) is 12.5. The van der Waals surface area contributed by atoms with Crippen molar-refractivity contribution in [2.75, 3.05) is 0 Å². The molecule has 0 spiro atoms. The van der Waals surface area contributed by atoms with Crippen molar-refractivity contribution in [2.24, 2.45) is 16.8 Å². The molecule has 0 radical (unpaired) electrons. The summed E-state index contributed by atoms with van der Waals surface area (Å²) in [6.45, 7) is 1.73. The summed E-state index contributed by atoms with van der Waals surface area (Å²) in [5, 5.41) is 24.1. The van der Waals surface area contributed by atoms with Crippen molar-refractivity contribution in [3.63, 3.8) is 0 Å². The van der Waals surface area contributed by atoms with Crippen molar-refractivity contribution < 1.29 is 10.2 Å². The van der Waals surface area contributed by atoms with Crippen LogP contribution in [0.4, 0.5) is 0 Å². The summed E-state index contributed by atoms with van der Waals surface area (Å²) < 4.78 is 3.79. The van der Waals surface area contributed by atoms with E-state index in [0.717, 1.165) is 25.0 Å². The van der Waals surface area contributed by atoms with Crippen LogP contribution in [0.25, 0.3) is 0 Å². The zero-order valence-corrected chi connectivity index (χ0v) is 18.5. The molecule has 1 heterocycles. The number of allylic oxidation sites excluding steroid dienone is 2. The minimum Gasteiger partial charge on any atom is -0.392 e. The lowest BCUT2D eigenvalue weighted by Crippen LogP contribution is -2.53. The molecule has 2 saturated carbocycles. The molecule has 29 heavy (non-hydrogen) atoms. The monoisotopic (exact) mass is 439 g/mol. The maximum Gasteiger partial charge on any atom is 0.165 e. The largest absolute Gasteiger partial charge is 0.392 e. The van der Waals surface area contributed by atoms with Gasteiger partial charge in [-0.2, -0.15) is 0 Å². The quantitative estimate of drug-likeness (QED) is 0.264. The number of nitrogens with zero attached hydrogens (tertiary/aromatic N) is 1. The first-order chi connectivity index (χ1) is 14.1. The molecule has 8 atom stereocenters. The van der Waals surface area contributed by atoms with Crippen LogP contribution in [0.1, 0.15) is 45.4 Å². The first-order valence-electron chi connectivity index (χ1n) is 10.7. The second kappa shape index (κ2) is 10.1. The van der Waals surface area contributed by atoms with Gasteiger partial charge in [-0.05, 0) is 50.5 Å². The van der Waals surface area contributed by atoms with Crippen LogP contribution in [0.15, 0.2) is 28.9 Å². The molecule has 6 N–H and O–H groups in total. The van der Waals surface area contributed by atoms with Crippen molar-refractivity contribution >= 4 is 30.0 Å². The molecule has 3 aliphatic carbocycles. The molecule has 0 bridgehead atoms. The lowest BCUT2D eigenvalue weighted by atomic mass is 9.67. The van der Waals surface area contributed by atoms with Crippen LogP contribution in [-0.4, -0.2) is 50.9 Å². The van der Waals surface area contributed by atoms with E-state index in [2.05, 4.69) is 44.1 Å². The Morgan fingerprint density at radius 1 is 1.28 bits per heavy atom. The van der Waals surface area contributed by atoms with Crippen molar-refractivity contribution in [3.8, 4) is 0 Å². The van der Waals surface area contributed by atoms with Gasteiger partial charge >= 0.3 is 0 Å². The molecule has 0 amide bonds. The van der Waals surface area contributed by atoms with E-state index in [1.807, 2.05) is 0 Å². The minimum atomic E-state index is -0.534. The number of aliphatic hydroxyl groups is 2. The number of rotatable bonds is 7. The third-order valence-electron chi connectivity index (χ3n) is 6.29. The van der Waals surface area contributed by atoms with Gasteiger partial charge in [0.2, 0.25) is 0 Å². The molecular formula is C20H33N5O2S2. The Kier molecular flexibility index (Phi) is 7.47. The molecule has 4 aliphatic rings. The lowest BCUT2D eigenvalue weighted by Gasteiger charge is -2.48. The SMILES string of the molecule is CC(O)NC1=CC[C@@H](SN[C@H]2CC(S[C@@H]3N=CNN3)[C@@H](O)C3CCCCC32)C=C1. The third-order valence-corrected chi connectivity index (χ3v) is 8.70. The zero-order chi connectivity index (χ0) is 20.2. The van der Waals surface area contributed by atoms with Crippen LogP contribution in [-0.2, 0) is 0 Å². The fourth-order valence-electron chi connectivity index (χ4n) is 4.92. The predicted molar refractivity (Wildman–Crippen MR) is 121 cm³/mol. The molecule has 2 fully saturated rings. The lowest BCUT2D eigenvalue weighted by molar-refractivity contribution is 0.00268. The molecule has 9 heteroatoms. The van der Waals surface area contributed by atoms with Gasteiger partial charge in [-0.15, -0.1) is 11.8 Å². The van der Waals surface area contributed by atoms with Gasteiger partial charge in [0.05, 0.1) is 12.4 Å². The summed E-state index contributed by atoms with van der Waals surface area (Å²) in [6, 6.07) is 0.416. The van der Waals surface area contributed by atoms with E-state index >= 15 is 0 Å². The average molecular weight is 440 g/mol. The number of fused-ring (bicyclic) bond motifs is 1. The molecule has 4 unspecified atom stereocenters. The van der Waals surface area contributed by atoms with Crippen LogP contribution >= 0.6 is 23.7 Å². The number of aliphatic imine (C=N–C) groups is 1. The van der Waals surface area contributed by atoms with Gasteiger partial charge in [0.25, 0.3) is 0 Å². The van der Waals surface area contributed by atoms with E-state index in [9.17, 15) is 10.2 Å². The van der Waals surface area contributed by atoms with Crippen molar-refractivity contribution in [3.05, 3.63) is 23.9 Å². The molecular weight excluding hydrogens is 406 g/mol. The minimum absolute atomic E-state index is 0.0191. The number of thioether (sulfide) groups is 1. The molecule has 1 aliphatic heterocycles. The highest BCUT2D eigenvalue weighted by Crippen LogP contribution is 2.45. The number of hydrogen-bond acceptors (Lipinski definition) is 9. The zero-order valence-electron chi connectivity index (χ0n) is 16.8. The topological polar surface area (TPSA) is 101 Å². The van der Waals surface area contributed by atoms with E-state index < -0.39 is 6.23 Å².